The lowest BCUT2D eigenvalue weighted by molar-refractivity contribution is 0.171. The van der Waals surface area contributed by atoms with Crippen LogP contribution in [0.5, 0.6) is 11.5 Å². The summed E-state index contributed by atoms with van der Waals surface area (Å²) in [6.45, 7) is 6.52. The SMILES string of the molecule is CC(CNC(C)c1ccc2c(c1)OCCO2)c1nccs1. The van der Waals surface area contributed by atoms with Crippen molar-refractivity contribution in [3.63, 3.8) is 0 Å². The Balaban J connectivity index is 1.61. The highest BCUT2D eigenvalue weighted by Crippen LogP contribution is 2.32. The average molecular weight is 304 g/mol. The molecular formula is C16H20N2O2S. The molecule has 1 N–H and O–H groups in total. The molecular weight excluding hydrogens is 284 g/mol. The minimum absolute atomic E-state index is 0.267. The number of fused-ring (bicyclic) bond motifs is 1. The first-order valence-electron chi connectivity index (χ1n) is 7.26. The number of nitrogens with one attached hydrogen (secondary N) is 1. The van der Waals surface area contributed by atoms with Gasteiger partial charge in [-0.3, -0.25) is 0 Å². The third kappa shape index (κ3) is 3.36. The van der Waals surface area contributed by atoms with E-state index in [1.807, 2.05) is 17.6 Å². The zero-order chi connectivity index (χ0) is 14.7. The second kappa shape index (κ2) is 6.45. The molecule has 3 rings (SSSR count). The standard InChI is InChI=1S/C16H20N2O2S/c1-11(16-17-5-8-21-16)10-18-12(2)13-3-4-14-15(9-13)20-7-6-19-14/h3-5,8-9,11-12,18H,6-7,10H2,1-2H3. The summed E-state index contributed by atoms with van der Waals surface area (Å²) in [5.41, 5.74) is 1.21. The fourth-order valence-corrected chi connectivity index (χ4v) is 3.06. The van der Waals surface area contributed by atoms with E-state index in [2.05, 4.69) is 36.3 Å². The summed E-state index contributed by atoms with van der Waals surface area (Å²) >= 11 is 1.71. The summed E-state index contributed by atoms with van der Waals surface area (Å²) in [7, 11) is 0. The minimum Gasteiger partial charge on any atom is -0.486 e. The molecule has 0 fully saturated rings. The Morgan fingerprint density at radius 3 is 2.81 bits per heavy atom. The molecule has 0 bridgehead atoms. The number of rotatable bonds is 5. The van der Waals surface area contributed by atoms with Gasteiger partial charge in [-0.15, -0.1) is 11.3 Å². The van der Waals surface area contributed by atoms with E-state index in [0.717, 1.165) is 18.0 Å². The predicted octanol–water partition coefficient (Wildman–Crippen LogP) is 3.37. The Bertz CT molecular complexity index is 586. The van der Waals surface area contributed by atoms with Crippen molar-refractivity contribution in [2.24, 2.45) is 0 Å². The summed E-state index contributed by atoms with van der Waals surface area (Å²) in [6.07, 6.45) is 1.86. The van der Waals surface area contributed by atoms with E-state index in [4.69, 9.17) is 9.47 Å². The van der Waals surface area contributed by atoms with Crippen molar-refractivity contribution in [1.82, 2.24) is 10.3 Å². The molecule has 2 atom stereocenters. The zero-order valence-corrected chi connectivity index (χ0v) is 13.2. The van der Waals surface area contributed by atoms with Crippen LogP contribution >= 0.6 is 11.3 Å². The van der Waals surface area contributed by atoms with E-state index in [-0.39, 0.29) is 6.04 Å². The number of benzene rings is 1. The lowest BCUT2D eigenvalue weighted by Crippen LogP contribution is -2.24. The van der Waals surface area contributed by atoms with Gasteiger partial charge in [0, 0.05) is 30.1 Å². The number of nitrogens with zero attached hydrogens (tertiary/aromatic N) is 1. The molecule has 4 nitrogen and oxygen atoms in total. The third-order valence-electron chi connectivity index (χ3n) is 3.67. The monoisotopic (exact) mass is 304 g/mol. The largest absolute Gasteiger partial charge is 0.486 e. The van der Waals surface area contributed by atoms with Gasteiger partial charge in [0.25, 0.3) is 0 Å². The van der Waals surface area contributed by atoms with Crippen molar-refractivity contribution in [1.29, 1.82) is 0 Å². The highest BCUT2D eigenvalue weighted by atomic mass is 32.1. The Morgan fingerprint density at radius 2 is 2.05 bits per heavy atom. The van der Waals surface area contributed by atoms with Crippen LogP contribution in [0.15, 0.2) is 29.8 Å². The molecule has 0 amide bonds. The van der Waals surface area contributed by atoms with Gasteiger partial charge in [0.15, 0.2) is 11.5 Å². The van der Waals surface area contributed by atoms with E-state index < -0.39 is 0 Å². The van der Waals surface area contributed by atoms with Gasteiger partial charge in [0.1, 0.15) is 13.2 Å². The van der Waals surface area contributed by atoms with Gasteiger partial charge in [-0.1, -0.05) is 13.0 Å². The van der Waals surface area contributed by atoms with Crippen molar-refractivity contribution in [2.45, 2.75) is 25.8 Å². The van der Waals surface area contributed by atoms with Crippen LogP contribution in [0.1, 0.15) is 36.4 Å². The Morgan fingerprint density at radius 1 is 1.24 bits per heavy atom. The summed E-state index contributed by atoms with van der Waals surface area (Å²) < 4.78 is 11.2. The zero-order valence-electron chi connectivity index (χ0n) is 12.3. The second-order valence-electron chi connectivity index (χ2n) is 5.30. The molecule has 0 saturated heterocycles. The molecule has 2 heterocycles. The average Bonchev–Trinajstić information content (AvgIpc) is 3.06. The van der Waals surface area contributed by atoms with Crippen molar-refractivity contribution in [3.05, 3.63) is 40.3 Å². The van der Waals surface area contributed by atoms with E-state index in [9.17, 15) is 0 Å². The van der Waals surface area contributed by atoms with Gasteiger partial charge in [-0.2, -0.15) is 0 Å². The predicted molar refractivity (Wildman–Crippen MR) is 84.4 cm³/mol. The van der Waals surface area contributed by atoms with Crippen molar-refractivity contribution < 1.29 is 9.47 Å². The normalized spacial score (nSPS) is 16.5. The number of ether oxygens (including phenoxy) is 2. The maximum Gasteiger partial charge on any atom is 0.161 e. The van der Waals surface area contributed by atoms with Crippen LogP contribution in [0.2, 0.25) is 0 Å². The van der Waals surface area contributed by atoms with Crippen LogP contribution in [0.4, 0.5) is 0 Å². The van der Waals surface area contributed by atoms with Crippen LogP contribution in [-0.2, 0) is 0 Å². The fraction of sp³-hybridized carbons (Fsp3) is 0.438. The quantitative estimate of drug-likeness (QED) is 0.920. The van der Waals surface area contributed by atoms with Crippen LogP contribution in [0, 0.1) is 0 Å². The fourth-order valence-electron chi connectivity index (χ4n) is 2.37. The second-order valence-corrected chi connectivity index (χ2v) is 6.23. The molecule has 21 heavy (non-hydrogen) atoms. The molecule has 1 aliphatic heterocycles. The Kier molecular flexibility index (Phi) is 4.41. The van der Waals surface area contributed by atoms with Gasteiger partial charge < -0.3 is 14.8 Å². The van der Waals surface area contributed by atoms with E-state index in [1.165, 1.54) is 10.6 Å². The smallest absolute Gasteiger partial charge is 0.161 e. The molecule has 1 aromatic carbocycles. The first kappa shape index (κ1) is 14.4. The van der Waals surface area contributed by atoms with Crippen LogP contribution in [0.3, 0.4) is 0 Å². The highest BCUT2D eigenvalue weighted by Gasteiger charge is 2.15. The first-order chi connectivity index (χ1) is 10.2. The maximum absolute atomic E-state index is 5.64. The van der Waals surface area contributed by atoms with Gasteiger partial charge in [-0.25, -0.2) is 4.98 Å². The first-order valence-corrected chi connectivity index (χ1v) is 8.14. The van der Waals surface area contributed by atoms with Crippen molar-refractivity contribution in [2.75, 3.05) is 19.8 Å². The number of hydrogen-bond donors (Lipinski definition) is 1. The molecule has 2 aromatic rings. The van der Waals surface area contributed by atoms with E-state index in [1.54, 1.807) is 11.3 Å². The summed E-state index contributed by atoms with van der Waals surface area (Å²) in [5.74, 6) is 2.11. The van der Waals surface area contributed by atoms with Gasteiger partial charge in [0.2, 0.25) is 0 Å². The topological polar surface area (TPSA) is 43.4 Å². The van der Waals surface area contributed by atoms with Gasteiger partial charge in [-0.05, 0) is 24.6 Å². The number of thiazole rings is 1. The molecule has 112 valence electrons. The lowest BCUT2D eigenvalue weighted by Gasteiger charge is -2.21. The van der Waals surface area contributed by atoms with Gasteiger partial charge >= 0.3 is 0 Å². The van der Waals surface area contributed by atoms with Crippen molar-refractivity contribution >= 4 is 11.3 Å². The molecule has 0 aliphatic carbocycles. The molecule has 5 heteroatoms. The van der Waals surface area contributed by atoms with Crippen LogP contribution in [0.25, 0.3) is 0 Å². The molecule has 2 unspecified atom stereocenters. The summed E-state index contributed by atoms with van der Waals surface area (Å²) in [6, 6.07) is 6.43. The Labute approximate surface area is 129 Å². The van der Waals surface area contributed by atoms with Crippen LogP contribution < -0.4 is 14.8 Å². The number of aromatic nitrogens is 1. The highest BCUT2D eigenvalue weighted by molar-refractivity contribution is 7.09. The molecule has 0 radical (unpaired) electrons. The van der Waals surface area contributed by atoms with E-state index >= 15 is 0 Å². The molecule has 0 saturated carbocycles. The summed E-state index contributed by atoms with van der Waals surface area (Å²) in [4.78, 5) is 4.37. The summed E-state index contributed by atoms with van der Waals surface area (Å²) in [5, 5.41) is 6.77. The third-order valence-corrected chi connectivity index (χ3v) is 4.68. The number of hydrogen-bond acceptors (Lipinski definition) is 5. The molecule has 1 aliphatic rings. The van der Waals surface area contributed by atoms with Crippen LogP contribution in [-0.4, -0.2) is 24.7 Å². The lowest BCUT2D eigenvalue weighted by atomic mass is 10.1. The molecule has 0 spiro atoms. The molecule has 1 aromatic heterocycles. The Hall–Kier alpha value is -1.59. The van der Waals surface area contributed by atoms with E-state index in [0.29, 0.717) is 19.1 Å². The van der Waals surface area contributed by atoms with Gasteiger partial charge in [0.05, 0.1) is 5.01 Å². The maximum atomic E-state index is 5.64. The van der Waals surface area contributed by atoms with Crippen molar-refractivity contribution in [3.8, 4) is 11.5 Å². The minimum atomic E-state index is 0.267.